The number of rotatable bonds is 7. The van der Waals surface area contributed by atoms with Gasteiger partial charge in [-0.2, -0.15) is 0 Å². The average Bonchev–Trinajstić information content (AvgIpc) is 2.25. The van der Waals surface area contributed by atoms with Crippen LogP contribution >= 0.6 is 0 Å². The molecule has 1 aromatic heterocycles. The van der Waals surface area contributed by atoms with E-state index >= 15 is 0 Å². The third-order valence-electron chi connectivity index (χ3n) is 2.92. The third kappa shape index (κ3) is 6.42. The highest BCUT2D eigenvalue weighted by Crippen LogP contribution is 2.24. The predicted molar refractivity (Wildman–Crippen MR) is 74.0 cm³/mol. The zero-order chi connectivity index (χ0) is 12.7. The SMILES string of the molecule is CC(C)CNCCC(C)(C)Cc1ccccn1. The fraction of sp³-hybridized carbons (Fsp3) is 0.667. The maximum atomic E-state index is 4.40. The third-order valence-corrected chi connectivity index (χ3v) is 2.92. The summed E-state index contributed by atoms with van der Waals surface area (Å²) in [4.78, 5) is 4.40. The molecule has 0 radical (unpaired) electrons. The van der Waals surface area contributed by atoms with Crippen LogP contribution in [-0.2, 0) is 6.42 Å². The lowest BCUT2D eigenvalue weighted by Gasteiger charge is -2.24. The number of pyridine rings is 1. The summed E-state index contributed by atoms with van der Waals surface area (Å²) >= 11 is 0. The molecule has 0 spiro atoms. The maximum absolute atomic E-state index is 4.40. The lowest BCUT2D eigenvalue weighted by molar-refractivity contribution is 0.319. The van der Waals surface area contributed by atoms with Crippen LogP contribution in [0, 0.1) is 11.3 Å². The molecule has 96 valence electrons. The van der Waals surface area contributed by atoms with Crippen molar-refractivity contribution in [3.63, 3.8) is 0 Å². The van der Waals surface area contributed by atoms with Gasteiger partial charge in [-0.15, -0.1) is 0 Å². The van der Waals surface area contributed by atoms with E-state index in [2.05, 4.69) is 50.1 Å². The average molecular weight is 234 g/mol. The fourth-order valence-corrected chi connectivity index (χ4v) is 1.90. The molecule has 0 aliphatic carbocycles. The Bertz CT molecular complexity index is 304. The van der Waals surface area contributed by atoms with Crippen LogP contribution in [0.3, 0.4) is 0 Å². The van der Waals surface area contributed by atoms with Crippen LogP contribution in [0.25, 0.3) is 0 Å². The molecule has 2 heteroatoms. The van der Waals surface area contributed by atoms with E-state index < -0.39 is 0 Å². The second-order valence-electron chi connectivity index (χ2n) is 6.01. The highest BCUT2D eigenvalue weighted by molar-refractivity contribution is 5.05. The molecule has 0 amide bonds. The highest BCUT2D eigenvalue weighted by Gasteiger charge is 2.18. The number of hydrogen-bond donors (Lipinski definition) is 1. The van der Waals surface area contributed by atoms with Gasteiger partial charge in [0.15, 0.2) is 0 Å². The molecule has 17 heavy (non-hydrogen) atoms. The summed E-state index contributed by atoms with van der Waals surface area (Å²) in [7, 11) is 0. The summed E-state index contributed by atoms with van der Waals surface area (Å²) < 4.78 is 0. The van der Waals surface area contributed by atoms with Gasteiger partial charge in [-0.3, -0.25) is 4.98 Å². The van der Waals surface area contributed by atoms with Crippen molar-refractivity contribution >= 4 is 0 Å². The molecule has 1 N–H and O–H groups in total. The standard InChI is InChI=1S/C15H26N2/c1-13(2)12-16-10-8-15(3,4)11-14-7-5-6-9-17-14/h5-7,9,13,16H,8,10-12H2,1-4H3. The summed E-state index contributed by atoms with van der Waals surface area (Å²) in [5, 5.41) is 3.51. The molecule has 0 aliphatic rings. The minimum atomic E-state index is 0.318. The molecule has 0 fully saturated rings. The molecule has 1 heterocycles. The van der Waals surface area contributed by atoms with Crippen LogP contribution in [0.4, 0.5) is 0 Å². The van der Waals surface area contributed by atoms with Gasteiger partial charge in [0, 0.05) is 11.9 Å². The fourth-order valence-electron chi connectivity index (χ4n) is 1.90. The molecule has 0 saturated carbocycles. The van der Waals surface area contributed by atoms with Gasteiger partial charge in [-0.25, -0.2) is 0 Å². The second-order valence-corrected chi connectivity index (χ2v) is 6.01. The van der Waals surface area contributed by atoms with E-state index in [0.717, 1.165) is 25.4 Å². The van der Waals surface area contributed by atoms with E-state index in [-0.39, 0.29) is 0 Å². The number of nitrogens with one attached hydrogen (secondary N) is 1. The summed E-state index contributed by atoms with van der Waals surface area (Å²) in [6, 6.07) is 6.15. The Morgan fingerprint density at radius 3 is 2.65 bits per heavy atom. The van der Waals surface area contributed by atoms with E-state index in [0.29, 0.717) is 5.41 Å². The normalized spacial score (nSPS) is 12.1. The zero-order valence-electron chi connectivity index (χ0n) is 11.7. The van der Waals surface area contributed by atoms with Gasteiger partial charge in [-0.1, -0.05) is 33.8 Å². The Kier molecular flexibility index (Phi) is 5.63. The van der Waals surface area contributed by atoms with Gasteiger partial charge >= 0.3 is 0 Å². The lowest BCUT2D eigenvalue weighted by Crippen LogP contribution is -2.26. The maximum Gasteiger partial charge on any atom is 0.0408 e. The summed E-state index contributed by atoms with van der Waals surface area (Å²) in [5.74, 6) is 0.730. The van der Waals surface area contributed by atoms with Crippen molar-refractivity contribution in [2.45, 2.75) is 40.5 Å². The highest BCUT2D eigenvalue weighted by atomic mass is 14.9. The van der Waals surface area contributed by atoms with Crippen molar-refractivity contribution in [1.82, 2.24) is 10.3 Å². The molecule has 1 aromatic rings. The van der Waals surface area contributed by atoms with E-state index in [1.165, 1.54) is 12.1 Å². The van der Waals surface area contributed by atoms with Gasteiger partial charge in [-0.05, 0) is 49.4 Å². The van der Waals surface area contributed by atoms with Crippen LogP contribution in [0.2, 0.25) is 0 Å². The van der Waals surface area contributed by atoms with E-state index in [1.807, 2.05) is 12.3 Å². The molecular weight excluding hydrogens is 208 g/mol. The van der Waals surface area contributed by atoms with Crippen molar-refractivity contribution in [2.24, 2.45) is 11.3 Å². The first-order valence-corrected chi connectivity index (χ1v) is 6.60. The van der Waals surface area contributed by atoms with Crippen molar-refractivity contribution in [1.29, 1.82) is 0 Å². The molecule has 0 aromatic carbocycles. The Hall–Kier alpha value is -0.890. The minimum Gasteiger partial charge on any atom is -0.316 e. The van der Waals surface area contributed by atoms with Crippen LogP contribution in [0.1, 0.15) is 39.8 Å². The number of aromatic nitrogens is 1. The van der Waals surface area contributed by atoms with Crippen molar-refractivity contribution in [2.75, 3.05) is 13.1 Å². The van der Waals surface area contributed by atoms with Crippen LogP contribution in [-0.4, -0.2) is 18.1 Å². The van der Waals surface area contributed by atoms with Crippen molar-refractivity contribution in [3.8, 4) is 0 Å². The summed E-state index contributed by atoms with van der Waals surface area (Å²) in [5.41, 5.74) is 1.51. The number of hydrogen-bond acceptors (Lipinski definition) is 2. The molecule has 2 nitrogen and oxygen atoms in total. The van der Waals surface area contributed by atoms with E-state index in [1.54, 1.807) is 0 Å². The topological polar surface area (TPSA) is 24.9 Å². The Morgan fingerprint density at radius 1 is 1.29 bits per heavy atom. The Morgan fingerprint density at radius 2 is 2.06 bits per heavy atom. The lowest BCUT2D eigenvalue weighted by atomic mass is 9.84. The molecule has 0 saturated heterocycles. The van der Waals surface area contributed by atoms with Crippen molar-refractivity contribution < 1.29 is 0 Å². The van der Waals surface area contributed by atoms with Gasteiger partial charge in [0.25, 0.3) is 0 Å². The second kappa shape index (κ2) is 6.75. The summed E-state index contributed by atoms with van der Waals surface area (Å²) in [6.45, 7) is 11.3. The summed E-state index contributed by atoms with van der Waals surface area (Å²) in [6.07, 6.45) is 4.12. The molecule has 0 unspecified atom stereocenters. The Labute approximate surface area is 106 Å². The molecule has 0 aliphatic heterocycles. The monoisotopic (exact) mass is 234 g/mol. The van der Waals surface area contributed by atoms with E-state index in [9.17, 15) is 0 Å². The largest absolute Gasteiger partial charge is 0.316 e. The van der Waals surface area contributed by atoms with Gasteiger partial charge < -0.3 is 5.32 Å². The first-order valence-electron chi connectivity index (χ1n) is 6.60. The predicted octanol–water partition coefficient (Wildman–Crippen LogP) is 3.29. The number of nitrogens with zero attached hydrogens (tertiary/aromatic N) is 1. The van der Waals surface area contributed by atoms with Gasteiger partial charge in [0.2, 0.25) is 0 Å². The van der Waals surface area contributed by atoms with Crippen LogP contribution in [0.5, 0.6) is 0 Å². The first kappa shape index (κ1) is 14.2. The molecular formula is C15H26N2. The zero-order valence-corrected chi connectivity index (χ0v) is 11.7. The molecule has 0 atom stereocenters. The van der Waals surface area contributed by atoms with Crippen LogP contribution < -0.4 is 5.32 Å². The first-order chi connectivity index (χ1) is 7.99. The quantitative estimate of drug-likeness (QED) is 0.732. The van der Waals surface area contributed by atoms with Gasteiger partial charge in [0.1, 0.15) is 0 Å². The Balaban J connectivity index is 2.31. The van der Waals surface area contributed by atoms with Crippen molar-refractivity contribution in [3.05, 3.63) is 30.1 Å². The molecule has 1 rings (SSSR count). The van der Waals surface area contributed by atoms with E-state index in [4.69, 9.17) is 0 Å². The minimum absolute atomic E-state index is 0.318. The smallest absolute Gasteiger partial charge is 0.0408 e. The van der Waals surface area contributed by atoms with Crippen LogP contribution in [0.15, 0.2) is 24.4 Å². The van der Waals surface area contributed by atoms with Gasteiger partial charge in [0.05, 0.1) is 0 Å². The molecule has 0 bridgehead atoms.